The van der Waals surface area contributed by atoms with Gasteiger partial charge in [0, 0.05) is 11.1 Å². The molecule has 0 saturated heterocycles. The van der Waals surface area contributed by atoms with Crippen LogP contribution in [-0.2, 0) is 0 Å². The summed E-state index contributed by atoms with van der Waals surface area (Å²) in [4.78, 5) is -1.99. The van der Waals surface area contributed by atoms with Crippen LogP contribution in [0.5, 0.6) is 0 Å². The molecule has 0 heterocycles. The normalized spacial score (nSPS) is 14.5. The molecular weight excluding hydrogens is 394 g/mol. The van der Waals surface area contributed by atoms with Crippen molar-refractivity contribution >= 4 is 26.2 Å². The van der Waals surface area contributed by atoms with Crippen molar-refractivity contribution in [3.05, 3.63) is 63.9 Å². The summed E-state index contributed by atoms with van der Waals surface area (Å²) in [6.07, 6.45) is 0. The Morgan fingerprint density at radius 3 is 1.95 bits per heavy atom. The van der Waals surface area contributed by atoms with E-state index < -0.39 is 20.9 Å². The minimum absolute atomic E-state index is 0.139. The lowest BCUT2D eigenvalue weighted by molar-refractivity contribution is 0.364. The van der Waals surface area contributed by atoms with Crippen molar-refractivity contribution in [2.24, 2.45) is 0 Å². The first-order chi connectivity index (χ1) is 9.85. The van der Waals surface area contributed by atoms with Crippen molar-refractivity contribution in [3.63, 3.8) is 0 Å². The van der Waals surface area contributed by atoms with Crippen molar-refractivity contribution in [1.29, 1.82) is 0 Å². The lowest BCUT2D eigenvalue weighted by atomic mass is 10.2. The Labute approximate surface area is 131 Å². The number of hydrogen-bond acceptors (Lipinski definition) is 0. The maximum atomic E-state index is 13.0. The summed E-state index contributed by atoms with van der Waals surface area (Å²) < 4.78 is 76.6. The number of hydrogen-bond donors (Lipinski definition) is 0. The van der Waals surface area contributed by atoms with Crippen LogP contribution >= 0.6 is 26.2 Å². The summed E-state index contributed by atoms with van der Waals surface area (Å²) in [5, 5.41) is 0. The van der Waals surface area contributed by atoms with Gasteiger partial charge in [0.2, 0.25) is 0 Å². The lowest BCUT2D eigenvalue weighted by Crippen LogP contribution is -2.05. The monoisotopic (exact) mass is 400 g/mol. The zero-order chi connectivity index (χ0) is 16.7. The van der Waals surface area contributed by atoms with Gasteiger partial charge in [0.05, 0.1) is 4.47 Å². The zero-order valence-corrected chi connectivity index (χ0v) is 13.0. The first-order valence-corrected chi connectivity index (χ1v) is 8.41. The number of benzene rings is 2. The fourth-order valence-corrected chi connectivity index (χ4v) is 2.60. The van der Waals surface area contributed by atoms with E-state index in [4.69, 9.17) is 0 Å². The molecule has 0 fully saturated rings. The van der Waals surface area contributed by atoms with Crippen molar-refractivity contribution in [2.45, 2.75) is 4.90 Å². The van der Waals surface area contributed by atoms with Crippen molar-refractivity contribution in [1.82, 2.24) is 0 Å². The Balaban J connectivity index is 2.41. The highest BCUT2D eigenvalue weighted by Gasteiger charge is 2.65. The van der Waals surface area contributed by atoms with Crippen molar-refractivity contribution in [2.75, 3.05) is 0 Å². The van der Waals surface area contributed by atoms with Gasteiger partial charge >= 0.3 is 10.2 Å². The molecule has 22 heavy (non-hydrogen) atoms. The standard InChI is InChI=1S/C14H7BrF6S/c15-13-9-11(6-7-14(13)16)5-4-10-2-1-3-12(8-10)22(17,18,19,20)21/h1-3,6-9H. The van der Waals surface area contributed by atoms with E-state index >= 15 is 0 Å². The smallest absolute Gasteiger partial charge is 0.206 e. The quantitative estimate of drug-likeness (QED) is 0.371. The fraction of sp³-hybridized carbons (Fsp3) is 0. The van der Waals surface area contributed by atoms with Gasteiger partial charge < -0.3 is 0 Å². The predicted molar refractivity (Wildman–Crippen MR) is 77.9 cm³/mol. The van der Waals surface area contributed by atoms with Crippen LogP contribution in [0.3, 0.4) is 0 Å². The minimum Gasteiger partial charge on any atom is -0.206 e. The van der Waals surface area contributed by atoms with E-state index in [1.165, 1.54) is 18.2 Å². The molecule has 0 N–H and O–H groups in total. The van der Waals surface area contributed by atoms with Gasteiger partial charge in [-0.2, -0.15) is 0 Å². The second-order valence-corrected chi connectivity index (χ2v) is 7.64. The highest BCUT2D eigenvalue weighted by molar-refractivity contribution is 9.10. The molecule has 0 atom stereocenters. The van der Waals surface area contributed by atoms with E-state index in [2.05, 4.69) is 27.8 Å². The first kappa shape index (κ1) is 16.8. The van der Waals surface area contributed by atoms with Gasteiger partial charge in [0.1, 0.15) is 10.7 Å². The SMILES string of the molecule is Fc1ccc(C#Cc2cccc(S(F)(F)(F)(F)F)c2)cc1Br. The average Bonchev–Trinajstić information content (AvgIpc) is 2.38. The molecule has 8 heteroatoms. The van der Waals surface area contributed by atoms with E-state index in [0.717, 1.165) is 12.1 Å². The molecule has 0 aliphatic heterocycles. The highest BCUT2D eigenvalue weighted by atomic mass is 79.9. The third-order valence-electron chi connectivity index (χ3n) is 2.55. The third kappa shape index (κ3) is 4.21. The lowest BCUT2D eigenvalue weighted by Gasteiger charge is -2.40. The van der Waals surface area contributed by atoms with Crippen LogP contribution in [0.15, 0.2) is 51.8 Å². The number of rotatable bonds is 1. The molecule has 2 aromatic rings. The second-order valence-electron chi connectivity index (χ2n) is 4.38. The average molecular weight is 401 g/mol. The topological polar surface area (TPSA) is 0 Å². The Kier molecular flexibility index (Phi) is 3.58. The molecule has 0 spiro atoms. The van der Waals surface area contributed by atoms with Gasteiger partial charge in [-0.1, -0.05) is 37.3 Å². The fourth-order valence-electron chi connectivity index (χ4n) is 1.53. The Bertz CT molecular complexity index is 802. The van der Waals surface area contributed by atoms with Crippen LogP contribution in [-0.4, -0.2) is 0 Å². The van der Waals surface area contributed by atoms with E-state index in [0.29, 0.717) is 17.7 Å². The predicted octanol–water partition coefficient (Wildman–Crippen LogP) is 6.65. The van der Waals surface area contributed by atoms with Gasteiger partial charge in [-0.05, 0) is 52.3 Å². The summed E-state index contributed by atoms with van der Waals surface area (Å²) in [5.41, 5.74) is 0.109. The summed E-state index contributed by atoms with van der Waals surface area (Å²) in [6.45, 7) is 0. The highest BCUT2D eigenvalue weighted by Crippen LogP contribution is 3.02. The summed E-state index contributed by atoms with van der Waals surface area (Å²) in [6, 6.07) is 6.42. The molecule has 118 valence electrons. The maximum Gasteiger partial charge on any atom is 0.310 e. The molecule has 0 aliphatic carbocycles. The summed E-state index contributed by atoms with van der Waals surface area (Å²) >= 11 is 2.94. The van der Waals surface area contributed by atoms with Crippen molar-refractivity contribution in [3.8, 4) is 11.8 Å². The van der Waals surface area contributed by atoms with E-state index in [1.54, 1.807) is 0 Å². The third-order valence-corrected chi connectivity index (χ3v) is 4.30. The maximum absolute atomic E-state index is 13.0. The Morgan fingerprint density at radius 2 is 1.41 bits per heavy atom. The molecular formula is C14H7BrF6S. The molecule has 0 saturated carbocycles. The zero-order valence-electron chi connectivity index (χ0n) is 10.6. The summed E-state index contributed by atoms with van der Waals surface area (Å²) in [5.74, 6) is 4.31. The van der Waals surface area contributed by atoms with Gasteiger partial charge in [-0.25, -0.2) is 4.39 Å². The summed E-state index contributed by atoms with van der Waals surface area (Å²) in [7, 11) is -9.72. The molecule has 0 radical (unpaired) electrons. The minimum atomic E-state index is -9.72. The van der Waals surface area contributed by atoms with Crippen LogP contribution in [0.25, 0.3) is 0 Å². The van der Waals surface area contributed by atoms with Crippen LogP contribution in [0, 0.1) is 17.7 Å². The molecule has 0 aromatic heterocycles. The number of halogens is 7. The molecule has 0 nitrogen and oxygen atoms in total. The van der Waals surface area contributed by atoms with Crippen LogP contribution in [0.2, 0.25) is 0 Å². The van der Waals surface area contributed by atoms with Gasteiger partial charge in [-0.3, -0.25) is 0 Å². The van der Waals surface area contributed by atoms with E-state index in [9.17, 15) is 23.8 Å². The largest absolute Gasteiger partial charge is 0.310 e. The van der Waals surface area contributed by atoms with E-state index in [1.807, 2.05) is 0 Å². The Hall–Kier alpha value is -1.59. The van der Waals surface area contributed by atoms with Crippen LogP contribution in [0.4, 0.5) is 23.8 Å². The van der Waals surface area contributed by atoms with E-state index in [-0.39, 0.29) is 10.0 Å². The van der Waals surface area contributed by atoms with Crippen molar-refractivity contribution < 1.29 is 23.8 Å². The molecule has 0 unspecified atom stereocenters. The molecule has 0 bridgehead atoms. The van der Waals surface area contributed by atoms with Gasteiger partial charge in [-0.15, -0.1) is 0 Å². The van der Waals surface area contributed by atoms with Crippen LogP contribution in [0.1, 0.15) is 11.1 Å². The molecule has 0 amide bonds. The second kappa shape index (κ2) is 4.70. The van der Waals surface area contributed by atoms with Gasteiger partial charge in [0.15, 0.2) is 0 Å². The Morgan fingerprint density at radius 1 is 0.818 bits per heavy atom. The first-order valence-electron chi connectivity index (χ1n) is 5.66. The molecule has 2 aromatic carbocycles. The van der Waals surface area contributed by atoms with Crippen LogP contribution < -0.4 is 0 Å². The van der Waals surface area contributed by atoms with Gasteiger partial charge in [0.25, 0.3) is 0 Å². The molecule has 0 aliphatic rings. The molecule has 2 rings (SSSR count).